The molecule has 3 aromatic rings. The first-order chi connectivity index (χ1) is 20.4. The molecule has 0 unspecified atom stereocenters. The van der Waals surface area contributed by atoms with Crippen molar-refractivity contribution in [3.8, 4) is 11.6 Å². The van der Waals surface area contributed by atoms with E-state index in [2.05, 4.69) is 35.1 Å². The van der Waals surface area contributed by atoms with Gasteiger partial charge in [0, 0.05) is 19.0 Å². The number of carbonyl (C=O) groups excluding carboxylic acids is 1. The number of pyridine rings is 1. The highest BCUT2D eigenvalue weighted by Crippen LogP contribution is 2.36. The van der Waals surface area contributed by atoms with Crippen LogP contribution in [-0.2, 0) is 11.2 Å². The number of carboxylic acids is 1. The molecule has 1 aromatic carbocycles. The fourth-order valence-corrected chi connectivity index (χ4v) is 6.51. The molecule has 220 valence electrons. The third-order valence-corrected chi connectivity index (χ3v) is 9.08. The Morgan fingerprint density at radius 1 is 1.05 bits per heavy atom. The molecule has 0 spiro atoms. The van der Waals surface area contributed by atoms with Gasteiger partial charge in [0.2, 0.25) is 5.91 Å². The molecule has 0 atom stereocenters. The lowest BCUT2D eigenvalue weighted by Gasteiger charge is -2.32. The third-order valence-electron chi connectivity index (χ3n) is 9.08. The normalized spacial score (nSPS) is 17.9. The second-order valence-electron chi connectivity index (χ2n) is 11.9. The lowest BCUT2D eigenvalue weighted by molar-refractivity contribution is -0.133. The van der Waals surface area contributed by atoms with E-state index in [-0.39, 0.29) is 5.56 Å². The van der Waals surface area contributed by atoms with Crippen molar-refractivity contribution >= 4 is 17.4 Å². The Labute approximate surface area is 247 Å². The van der Waals surface area contributed by atoms with Crippen LogP contribution in [0.3, 0.4) is 0 Å². The van der Waals surface area contributed by atoms with Crippen LogP contribution in [0.5, 0.6) is 5.75 Å². The topological polar surface area (TPSA) is 97.5 Å². The van der Waals surface area contributed by atoms with Gasteiger partial charge in [-0.1, -0.05) is 25.1 Å². The van der Waals surface area contributed by atoms with E-state index in [1.807, 2.05) is 25.1 Å². The molecular formula is C34H40N4O4. The average molecular weight is 569 g/mol. The second-order valence-corrected chi connectivity index (χ2v) is 11.9. The van der Waals surface area contributed by atoms with Gasteiger partial charge < -0.3 is 14.7 Å². The molecule has 2 aromatic heterocycles. The summed E-state index contributed by atoms with van der Waals surface area (Å²) in [6, 6.07) is 12.4. The smallest absolute Gasteiger partial charge is 0.339 e. The van der Waals surface area contributed by atoms with Crippen LogP contribution < -0.4 is 4.74 Å². The minimum Gasteiger partial charge on any atom is -0.489 e. The fourth-order valence-electron chi connectivity index (χ4n) is 6.51. The number of likely N-dealkylation sites (tertiary alicyclic amines) is 1. The summed E-state index contributed by atoms with van der Waals surface area (Å²) < 4.78 is 8.06. The largest absolute Gasteiger partial charge is 0.489 e. The summed E-state index contributed by atoms with van der Waals surface area (Å²) in [6.45, 7) is 6.30. The summed E-state index contributed by atoms with van der Waals surface area (Å²) in [4.78, 5) is 31.1. The van der Waals surface area contributed by atoms with E-state index >= 15 is 0 Å². The standard InChI is InChI=1S/C34H40N4O4/c1-3-30-28(34(40)41)20-35-38(30)32-10-6-9-29(36-32)27-8-5-4-7-26(27)21-42-31-14-13-25(19-22(31)2)23-15-17-37(18-16-23)33(39)24-11-12-24/h6,9-10,13-14,19-20,23-24H,3-5,7-8,11-12,15-18,21H2,1-2H3,(H,40,41). The maximum Gasteiger partial charge on any atom is 0.339 e. The number of rotatable bonds is 9. The molecule has 2 fully saturated rings. The number of hydrogen-bond acceptors (Lipinski definition) is 5. The van der Waals surface area contributed by atoms with E-state index < -0.39 is 5.97 Å². The number of piperidine rings is 1. The molecular weight excluding hydrogens is 528 g/mol. The van der Waals surface area contributed by atoms with E-state index in [1.165, 1.54) is 22.9 Å². The highest BCUT2D eigenvalue weighted by atomic mass is 16.5. The zero-order chi connectivity index (χ0) is 29.2. The van der Waals surface area contributed by atoms with Crippen molar-refractivity contribution in [3.05, 3.63) is 76.2 Å². The van der Waals surface area contributed by atoms with E-state index in [0.717, 1.165) is 81.5 Å². The quantitative estimate of drug-likeness (QED) is 0.323. The van der Waals surface area contributed by atoms with Gasteiger partial charge in [-0.15, -0.1) is 0 Å². The van der Waals surface area contributed by atoms with Crippen molar-refractivity contribution in [2.45, 2.75) is 77.6 Å². The lowest BCUT2D eigenvalue weighted by atomic mass is 9.88. The van der Waals surface area contributed by atoms with Crippen molar-refractivity contribution < 1.29 is 19.4 Å². The molecule has 1 saturated carbocycles. The fraction of sp³-hybridized carbons (Fsp3) is 0.471. The molecule has 42 heavy (non-hydrogen) atoms. The van der Waals surface area contributed by atoms with Gasteiger partial charge in [0.15, 0.2) is 5.82 Å². The number of allylic oxidation sites excluding steroid dienone is 1. The zero-order valence-corrected chi connectivity index (χ0v) is 24.6. The number of aromatic carboxylic acids is 1. The average Bonchev–Trinajstić information content (AvgIpc) is 3.78. The molecule has 1 aliphatic heterocycles. The number of nitrogens with zero attached hydrogens (tertiary/aromatic N) is 4. The Morgan fingerprint density at radius 3 is 2.55 bits per heavy atom. The summed E-state index contributed by atoms with van der Waals surface area (Å²) >= 11 is 0. The summed E-state index contributed by atoms with van der Waals surface area (Å²) in [5.74, 6) is 1.72. The van der Waals surface area contributed by atoms with E-state index in [0.29, 0.717) is 42.3 Å². The molecule has 1 amide bonds. The number of aryl methyl sites for hydroxylation is 1. The molecule has 8 heteroatoms. The maximum absolute atomic E-state index is 12.4. The van der Waals surface area contributed by atoms with Gasteiger partial charge in [-0.25, -0.2) is 14.5 Å². The predicted octanol–water partition coefficient (Wildman–Crippen LogP) is 6.36. The van der Waals surface area contributed by atoms with E-state index in [9.17, 15) is 14.7 Å². The van der Waals surface area contributed by atoms with Crippen LogP contribution in [0.1, 0.15) is 97.1 Å². The number of carboxylic acid groups (broad SMARTS) is 1. The van der Waals surface area contributed by atoms with E-state index in [4.69, 9.17) is 9.72 Å². The van der Waals surface area contributed by atoms with Crippen LogP contribution in [0, 0.1) is 12.8 Å². The molecule has 1 N–H and O–H groups in total. The van der Waals surface area contributed by atoms with Gasteiger partial charge in [0.25, 0.3) is 0 Å². The van der Waals surface area contributed by atoms with Gasteiger partial charge in [-0.3, -0.25) is 4.79 Å². The number of ether oxygens (including phenoxy) is 1. The van der Waals surface area contributed by atoms with Gasteiger partial charge in [0.05, 0.1) is 17.6 Å². The van der Waals surface area contributed by atoms with Crippen LogP contribution in [0.15, 0.2) is 48.2 Å². The van der Waals surface area contributed by atoms with Crippen molar-refractivity contribution in [2.75, 3.05) is 19.7 Å². The first-order valence-corrected chi connectivity index (χ1v) is 15.4. The van der Waals surface area contributed by atoms with Gasteiger partial charge in [0.1, 0.15) is 17.9 Å². The van der Waals surface area contributed by atoms with Crippen molar-refractivity contribution in [1.82, 2.24) is 19.7 Å². The number of carbonyl (C=O) groups is 2. The molecule has 8 nitrogen and oxygen atoms in total. The molecule has 6 rings (SSSR count). The van der Waals surface area contributed by atoms with Crippen molar-refractivity contribution in [2.24, 2.45) is 5.92 Å². The molecule has 1 saturated heterocycles. The summed E-state index contributed by atoms with van der Waals surface area (Å²) in [5.41, 5.74) is 6.72. The van der Waals surface area contributed by atoms with Crippen LogP contribution in [-0.4, -0.2) is 56.3 Å². The zero-order valence-electron chi connectivity index (χ0n) is 24.6. The molecule has 3 heterocycles. The lowest BCUT2D eigenvalue weighted by Crippen LogP contribution is -2.38. The number of amides is 1. The Hall–Kier alpha value is -3.94. The number of benzene rings is 1. The van der Waals surface area contributed by atoms with Crippen LogP contribution >= 0.6 is 0 Å². The predicted molar refractivity (Wildman–Crippen MR) is 161 cm³/mol. The van der Waals surface area contributed by atoms with Crippen LogP contribution in [0.4, 0.5) is 0 Å². The monoisotopic (exact) mass is 568 g/mol. The maximum atomic E-state index is 12.4. The molecule has 3 aliphatic rings. The molecule has 0 bridgehead atoms. The SMILES string of the molecule is CCc1c(C(=O)O)cnn1-c1cccc(C2=C(COc3ccc(C4CCN(C(=O)C5CC5)CC4)cc3C)CCCC2)n1. The van der Waals surface area contributed by atoms with Crippen molar-refractivity contribution in [3.63, 3.8) is 0 Å². The first kappa shape index (κ1) is 28.2. The number of hydrogen-bond donors (Lipinski definition) is 1. The third kappa shape index (κ3) is 5.85. The second kappa shape index (κ2) is 12.1. The van der Waals surface area contributed by atoms with Crippen LogP contribution in [0.2, 0.25) is 0 Å². The Bertz CT molecular complexity index is 1510. The molecule has 2 aliphatic carbocycles. The Balaban J connectivity index is 1.15. The highest BCUT2D eigenvalue weighted by molar-refractivity contribution is 5.88. The van der Waals surface area contributed by atoms with Crippen LogP contribution in [0.25, 0.3) is 11.4 Å². The van der Waals surface area contributed by atoms with Gasteiger partial charge in [-0.05, 0) is 111 Å². The number of aromatic nitrogens is 3. The highest BCUT2D eigenvalue weighted by Gasteiger charge is 2.35. The Morgan fingerprint density at radius 2 is 1.83 bits per heavy atom. The van der Waals surface area contributed by atoms with Gasteiger partial charge in [-0.2, -0.15) is 5.10 Å². The summed E-state index contributed by atoms with van der Waals surface area (Å²) in [5, 5.41) is 13.9. The Kier molecular flexibility index (Phi) is 8.13. The first-order valence-electron chi connectivity index (χ1n) is 15.4. The minimum atomic E-state index is -0.974. The summed E-state index contributed by atoms with van der Waals surface area (Å²) in [7, 11) is 0. The summed E-state index contributed by atoms with van der Waals surface area (Å²) in [6.07, 6.45) is 10.3. The molecule has 0 radical (unpaired) electrons. The van der Waals surface area contributed by atoms with Crippen molar-refractivity contribution in [1.29, 1.82) is 0 Å². The minimum absolute atomic E-state index is 0.214. The van der Waals surface area contributed by atoms with Gasteiger partial charge >= 0.3 is 5.97 Å². The van der Waals surface area contributed by atoms with E-state index in [1.54, 1.807) is 4.68 Å².